The highest BCUT2D eigenvalue weighted by atomic mass is 35.5. The Hall–Kier alpha value is -0.830. The van der Waals surface area contributed by atoms with Crippen LogP contribution in [0.1, 0.15) is 38.6 Å². The van der Waals surface area contributed by atoms with Crippen molar-refractivity contribution < 1.29 is 4.79 Å². The van der Waals surface area contributed by atoms with E-state index in [4.69, 9.17) is 11.6 Å². The topological polar surface area (TPSA) is 34.9 Å². The van der Waals surface area contributed by atoms with E-state index in [1.165, 1.54) is 0 Å². The standard InChI is InChI=1S/C11H17ClN2O/c1-4-8(15)7-10-11(12)9(5-2)13-14(10)6-3/h4-7H2,1-3H3. The predicted molar refractivity (Wildman–Crippen MR) is 61.3 cm³/mol. The largest absolute Gasteiger partial charge is 0.299 e. The molecule has 0 saturated carbocycles. The maximum atomic E-state index is 11.4. The zero-order chi connectivity index (χ0) is 11.4. The minimum atomic E-state index is 0.203. The van der Waals surface area contributed by atoms with Crippen LogP contribution in [0.5, 0.6) is 0 Å². The lowest BCUT2D eigenvalue weighted by Crippen LogP contribution is -2.08. The summed E-state index contributed by atoms with van der Waals surface area (Å²) < 4.78 is 1.83. The van der Waals surface area contributed by atoms with Gasteiger partial charge in [0.1, 0.15) is 5.78 Å². The van der Waals surface area contributed by atoms with Gasteiger partial charge in [0.15, 0.2) is 0 Å². The molecule has 0 radical (unpaired) electrons. The van der Waals surface area contributed by atoms with Crippen LogP contribution in [0.15, 0.2) is 0 Å². The summed E-state index contributed by atoms with van der Waals surface area (Å²) in [6.45, 7) is 6.64. The molecule has 84 valence electrons. The molecule has 0 unspecified atom stereocenters. The molecule has 0 saturated heterocycles. The second kappa shape index (κ2) is 5.31. The van der Waals surface area contributed by atoms with E-state index in [1.807, 2.05) is 25.5 Å². The number of carbonyl (C=O) groups excluding carboxylic acids is 1. The van der Waals surface area contributed by atoms with Crippen LogP contribution in [0.3, 0.4) is 0 Å². The maximum absolute atomic E-state index is 11.4. The maximum Gasteiger partial charge on any atom is 0.138 e. The molecule has 1 heterocycles. The zero-order valence-corrected chi connectivity index (χ0v) is 10.3. The van der Waals surface area contributed by atoms with Gasteiger partial charge in [-0.1, -0.05) is 25.4 Å². The van der Waals surface area contributed by atoms with Gasteiger partial charge < -0.3 is 0 Å². The smallest absolute Gasteiger partial charge is 0.138 e. The summed E-state index contributed by atoms with van der Waals surface area (Å²) in [7, 11) is 0. The lowest BCUT2D eigenvalue weighted by molar-refractivity contribution is -0.118. The highest BCUT2D eigenvalue weighted by molar-refractivity contribution is 6.32. The van der Waals surface area contributed by atoms with Crippen LogP contribution >= 0.6 is 11.6 Å². The minimum Gasteiger partial charge on any atom is -0.299 e. The lowest BCUT2D eigenvalue weighted by Gasteiger charge is -2.03. The number of rotatable bonds is 5. The molecule has 4 heteroatoms. The molecule has 1 rings (SSSR count). The molecular weight excluding hydrogens is 212 g/mol. The van der Waals surface area contributed by atoms with Gasteiger partial charge in [-0.2, -0.15) is 5.10 Å². The second-order valence-corrected chi connectivity index (χ2v) is 3.82. The van der Waals surface area contributed by atoms with Crippen molar-refractivity contribution in [2.24, 2.45) is 0 Å². The van der Waals surface area contributed by atoms with Crippen LogP contribution < -0.4 is 0 Å². The summed E-state index contributed by atoms with van der Waals surface area (Å²) in [6, 6.07) is 0. The number of halogens is 1. The Balaban J connectivity index is 3.03. The Morgan fingerprint density at radius 2 is 2.07 bits per heavy atom. The lowest BCUT2D eigenvalue weighted by atomic mass is 10.1. The van der Waals surface area contributed by atoms with Crippen molar-refractivity contribution in [3.63, 3.8) is 0 Å². The van der Waals surface area contributed by atoms with Gasteiger partial charge >= 0.3 is 0 Å². The van der Waals surface area contributed by atoms with E-state index in [1.54, 1.807) is 0 Å². The van der Waals surface area contributed by atoms with Crippen molar-refractivity contribution in [1.82, 2.24) is 9.78 Å². The van der Waals surface area contributed by atoms with E-state index in [0.717, 1.165) is 24.4 Å². The summed E-state index contributed by atoms with van der Waals surface area (Å²) in [5, 5.41) is 5.03. The molecule has 0 fully saturated rings. The Morgan fingerprint density at radius 1 is 1.40 bits per heavy atom. The molecular formula is C11H17ClN2O. The van der Waals surface area contributed by atoms with Crippen molar-refractivity contribution in [2.75, 3.05) is 0 Å². The van der Waals surface area contributed by atoms with E-state index in [-0.39, 0.29) is 5.78 Å². The molecule has 0 aliphatic carbocycles. The number of aromatic nitrogens is 2. The molecule has 1 aromatic rings. The molecule has 0 atom stereocenters. The minimum absolute atomic E-state index is 0.203. The molecule has 15 heavy (non-hydrogen) atoms. The SMILES string of the molecule is CCC(=O)Cc1c(Cl)c(CC)nn1CC. The molecule has 0 N–H and O–H groups in total. The molecule has 0 aromatic carbocycles. The van der Waals surface area contributed by atoms with E-state index in [0.29, 0.717) is 17.9 Å². The van der Waals surface area contributed by atoms with Crippen molar-refractivity contribution in [2.45, 2.75) is 46.6 Å². The van der Waals surface area contributed by atoms with Crippen LogP contribution in [0.4, 0.5) is 0 Å². The van der Waals surface area contributed by atoms with Crippen molar-refractivity contribution in [1.29, 1.82) is 0 Å². The highest BCUT2D eigenvalue weighted by Crippen LogP contribution is 2.22. The van der Waals surface area contributed by atoms with Gasteiger partial charge in [0.05, 0.1) is 16.4 Å². The highest BCUT2D eigenvalue weighted by Gasteiger charge is 2.16. The number of nitrogens with zero attached hydrogens (tertiary/aromatic N) is 2. The van der Waals surface area contributed by atoms with Crippen LogP contribution in [-0.4, -0.2) is 15.6 Å². The van der Waals surface area contributed by atoms with Gasteiger partial charge in [0.2, 0.25) is 0 Å². The van der Waals surface area contributed by atoms with Gasteiger partial charge in [-0.3, -0.25) is 9.48 Å². The summed E-state index contributed by atoms with van der Waals surface area (Å²) >= 11 is 6.17. The van der Waals surface area contributed by atoms with Gasteiger partial charge in [0.25, 0.3) is 0 Å². The van der Waals surface area contributed by atoms with Gasteiger partial charge in [-0.15, -0.1) is 0 Å². The molecule has 0 bridgehead atoms. The first-order chi connectivity index (χ1) is 7.13. The van der Waals surface area contributed by atoms with Crippen molar-refractivity contribution in [3.8, 4) is 0 Å². The van der Waals surface area contributed by atoms with Gasteiger partial charge in [-0.25, -0.2) is 0 Å². The van der Waals surface area contributed by atoms with Crippen molar-refractivity contribution >= 4 is 17.4 Å². The Kier molecular flexibility index (Phi) is 4.33. The molecule has 0 aliphatic rings. The number of carbonyl (C=O) groups is 1. The molecule has 1 aromatic heterocycles. The third kappa shape index (κ3) is 2.59. The third-order valence-corrected chi connectivity index (χ3v) is 2.89. The average Bonchev–Trinajstić information content (AvgIpc) is 2.55. The van der Waals surface area contributed by atoms with Crippen LogP contribution in [-0.2, 0) is 24.2 Å². The predicted octanol–water partition coefficient (Wildman–Crippen LogP) is 2.64. The number of aryl methyl sites for hydroxylation is 2. The second-order valence-electron chi connectivity index (χ2n) is 3.45. The monoisotopic (exact) mass is 228 g/mol. The Bertz CT molecular complexity index is 358. The number of hydrogen-bond acceptors (Lipinski definition) is 2. The first-order valence-corrected chi connectivity index (χ1v) is 5.77. The van der Waals surface area contributed by atoms with E-state index in [9.17, 15) is 4.79 Å². The van der Waals surface area contributed by atoms with Crippen molar-refractivity contribution in [3.05, 3.63) is 16.4 Å². The number of Topliss-reactive ketones (excluding diaryl/α,β-unsaturated/α-hetero) is 1. The number of hydrogen-bond donors (Lipinski definition) is 0. The third-order valence-electron chi connectivity index (χ3n) is 2.45. The number of ketones is 1. The molecule has 0 spiro atoms. The molecule has 0 amide bonds. The zero-order valence-electron chi connectivity index (χ0n) is 9.51. The normalized spacial score (nSPS) is 10.7. The summed E-state index contributed by atoms with van der Waals surface area (Å²) in [4.78, 5) is 11.4. The molecule has 3 nitrogen and oxygen atoms in total. The summed E-state index contributed by atoms with van der Waals surface area (Å²) in [5.74, 6) is 0.203. The van der Waals surface area contributed by atoms with Crippen LogP contribution in [0.25, 0.3) is 0 Å². The fourth-order valence-corrected chi connectivity index (χ4v) is 1.83. The fraction of sp³-hybridized carbons (Fsp3) is 0.636. The Labute approximate surface area is 95.4 Å². The van der Waals surface area contributed by atoms with Gasteiger partial charge in [-0.05, 0) is 13.3 Å². The van der Waals surface area contributed by atoms with E-state index >= 15 is 0 Å². The quantitative estimate of drug-likeness (QED) is 0.777. The Morgan fingerprint density at radius 3 is 2.53 bits per heavy atom. The van der Waals surface area contributed by atoms with E-state index < -0.39 is 0 Å². The first kappa shape index (κ1) is 12.2. The first-order valence-electron chi connectivity index (χ1n) is 5.39. The average molecular weight is 229 g/mol. The van der Waals surface area contributed by atoms with Gasteiger partial charge in [0, 0.05) is 19.4 Å². The van der Waals surface area contributed by atoms with Crippen LogP contribution in [0, 0.1) is 0 Å². The summed E-state index contributed by atoms with van der Waals surface area (Å²) in [6.07, 6.45) is 1.75. The summed E-state index contributed by atoms with van der Waals surface area (Å²) in [5.41, 5.74) is 1.75. The molecule has 0 aliphatic heterocycles. The van der Waals surface area contributed by atoms with E-state index in [2.05, 4.69) is 5.10 Å². The van der Waals surface area contributed by atoms with Crippen LogP contribution in [0.2, 0.25) is 5.02 Å². The fourth-order valence-electron chi connectivity index (χ4n) is 1.50.